The SMILES string of the molecule is CC(C)Oc1ccc(N2C[C@@H](C(=O)NCCc3ccccc3)CC2=O)cc1. The van der Waals surface area contributed by atoms with Crippen LogP contribution in [0.15, 0.2) is 54.6 Å². The van der Waals surface area contributed by atoms with E-state index in [1.807, 2.05) is 68.4 Å². The molecule has 5 nitrogen and oxygen atoms in total. The monoisotopic (exact) mass is 366 g/mol. The first-order valence-electron chi connectivity index (χ1n) is 9.41. The Morgan fingerprint density at radius 2 is 1.85 bits per heavy atom. The van der Waals surface area contributed by atoms with Crippen molar-refractivity contribution < 1.29 is 14.3 Å². The van der Waals surface area contributed by atoms with Crippen molar-refractivity contribution in [3.05, 3.63) is 60.2 Å². The smallest absolute Gasteiger partial charge is 0.227 e. The van der Waals surface area contributed by atoms with E-state index in [-0.39, 0.29) is 30.3 Å². The van der Waals surface area contributed by atoms with Crippen molar-refractivity contribution in [1.82, 2.24) is 5.32 Å². The second-order valence-corrected chi connectivity index (χ2v) is 7.09. The molecular formula is C22H26N2O3. The van der Waals surface area contributed by atoms with Crippen molar-refractivity contribution in [2.75, 3.05) is 18.0 Å². The number of amides is 2. The van der Waals surface area contributed by atoms with E-state index in [4.69, 9.17) is 4.74 Å². The molecule has 3 rings (SSSR count). The summed E-state index contributed by atoms with van der Waals surface area (Å²) in [5, 5.41) is 2.96. The predicted octanol–water partition coefficient (Wildman–Crippen LogP) is 3.19. The van der Waals surface area contributed by atoms with Crippen LogP contribution in [-0.4, -0.2) is 31.0 Å². The van der Waals surface area contributed by atoms with Gasteiger partial charge in [-0.1, -0.05) is 30.3 Å². The maximum absolute atomic E-state index is 12.4. The van der Waals surface area contributed by atoms with Crippen LogP contribution in [0.25, 0.3) is 0 Å². The average molecular weight is 366 g/mol. The largest absolute Gasteiger partial charge is 0.491 e. The molecule has 0 unspecified atom stereocenters. The van der Waals surface area contributed by atoms with E-state index in [9.17, 15) is 9.59 Å². The minimum absolute atomic E-state index is 0.0178. The Balaban J connectivity index is 1.52. The Kier molecular flexibility index (Phi) is 6.12. The second-order valence-electron chi connectivity index (χ2n) is 7.09. The molecule has 1 N–H and O–H groups in total. The molecule has 27 heavy (non-hydrogen) atoms. The van der Waals surface area contributed by atoms with Gasteiger partial charge in [0.15, 0.2) is 0 Å². The minimum atomic E-state index is -0.306. The van der Waals surface area contributed by atoms with E-state index in [0.29, 0.717) is 13.1 Å². The van der Waals surface area contributed by atoms with E-state index in [0.717, 1.165) is 17.9 Å². The molecule has 0 aromatic heterocycles. The normalized spacial score (nSPS) is 16.6. The van der Waals surface area contributed by atoms with Crippen molar-refractivity contribution in [2.24, 2.45) is 5.92 Å². The molecule has 1 aliphatic heterocycles. The molecule has 2 aromatic rings. The van der Waals surface area contributed by atoms with Gasteiger partial charge in [0.05, 0.1) is 12.0 Å². The lowest BCUT2D eigenvalue weighted by Crippen LogP contribution is -2.34. The Labute approximate surface area is 160 Å². The zero-order valence-corrected chi connectivity index (χ0v) is 15.9. The van der Waals surface area contributed by atoms with Gasteiger partial charge < -0.3 is 15.0 Å². The number of rotatable bonds is 7. The van der Waals surface area contributed by atoms with Crippen LogP contribution in [-0.2, 0) is 16.0 Å². The van der Waals surface area contributed by atoms with Crippen molar-refractivity contribution in [2.45, 2.75) is 32.8 Å². The highest BCUT2D eigenvalue weighted by Crippen LogP contribution is 2.27. The fourth-order valence-electron chi connectivity index (χ4n) is 3.23. The maximum Gasteiger partial charge on any atom is 0.227 e. The number of nitrogens with zero attached hydrogens (tertiary/aromatic N) is 1. The summed E-state index contributed by atoms with van der Waals surface area (Å²) in [6.45, 7) is 4.94. The van der Waals surface area contributed by atoms with Crippen molar-refractivity contribution in [1.29, 1.82) is 0 Å². The van der Waals surface area contributed by atoms with Crippen molar-refractivity contribution in [3.8, 4) is 5.75 Å². The Morgan fingerprint density at radius 3 is 2.52 bits per heavy atom. The topological polar surface area (TPSA) is 58.6 Å². The highest BCUT2D eigenvalue weighted by molar-refractivity contribution is 6.00. The summed E-state index contributed by atoms with van der Waals surface area (Å²) in [7, 11) is 0. The van der Waals surface area contributed by atoms with Crippen LogP contribution in [0.3, 0.4) is 0 Å². The van der Waals surface area contributed by atoms with Gasteiger partial charge in [-0.3, -0.25) is 9.59 Å². The van der Waals surface area contributed by atoms with Crippen LogP contribution in [0.2, 0.25) is 0 Å². The van der Waals surface area contributed by atoms with Gasteiger partial charge in [-0.15, -0.1) is 0 Å². The molecule has 0 aliphatic carbocycles. The second kappa shape index (κ2) is 8.71. The van der Waals surface area contributed by atoms with Gasteiger partial charge in [-0.05, 0) is 50.1 Å². The van der Waals surface area contributed by atoms with E-state index in [1.165, 1.54) is 5.56 Å². The standard InChI is InChI=1S/C22H26N2O3/c1-16(2)27-20-10-8-19(9-11-20)24-15-18(14-21(24)25)22(26)23-13-12-17-6-4-3-5-7-17/h3-11,16,18H,12-15H2,1-2H3,(H,23,26)/t18-/m0/s1. The first-order valence-corrected chi connectivity index (χ1v) is 9.41. The van der Waals surface area contributed by atoms with E-state index >= 15 is 0 Å². The predicted molar refractivity (Wildman–Crippen MR) is 106 cm³/mol. The van der Waals surface area contributed by atoms with Gasteiger partial charge in [0.1, 0.15) is 5.75 Å². The highest BCUT2D eigenvalue weighted by atomic mass is 16.5. The number of anilines is 1. The summed E-state index contributed by atoms with van der Waals surface area (Å²) in [5.74, 6) is 0.396. The minimum Gasteiger partial charge on any atom is -0.491 e. The zero-order valence-electron chi connectivity index (χ0n) is 15.9. The number of hydrogen-bond donors (Lipinski definition) is 1. The van der Waals surface area contributed by atoms with E-state index in [2.05, 4.69) is 5.32 Å². The van der Waals surface area contributed by atoms with Gasteiger partial charge >= 0.3 is 0 Å². The fraction of sp³-hybridized carbons (Fsp3) is 0.364. The fourth-order valence-corrected chi connectivity index (χ4v) is 3.23. The number of hydrogen-bond acceptors (Lipinski definition) is 3. The van der Waals surface area contributed by atoms with Gasteiger partial charge in [-0.25, -0.2) is 0 Å². The third-order valence-electron chi connectivity index (χ3n) is 4.57. The summed E-state index contributed by atoms with van der Waals surface area (Å²) < 4.78 is 5.63. The molecule has 2 amide bonds. The Bertz CT molecular complexity index is 772. The first kappa shape index (κ1) is 19.0. The zero-order chi connectivity index (χ0) is 19.2. The summed E-state index contributed by atoms with van der Waals surface area (Å²) in [6, 6.07) is 17.5. The van der Waals surface area contributed by atoms with E-state index in [1.54, 1.807) is 4.90 Å². The van der Waals surface area contributed by atoms with Crippen LogP contribution >= 0.6 is 0 Å². The molecule has 5 heteroatoms. The summed E-state index contributed by atoms with van der Waals surface area (Å²) in [5.41, 5.74) is 1.99. The lowest BCUT2D eigenvalue weighted by atomic mass is 10.1. The maximum atomic E-state index is 12.4. The lowest BCUT2D eigenvalue weighted by molar-refractivity contribution is -0.126. The quantitative estimate of drug-likeness (QED) is 0.819. The summed E-state index contributed by atoms with van der Waals surface area (Å²) in [6.07, 6.45) is 1.14. The number of carbonyl (C=O) groups is 2. The van der Waals surface area contributed by atoms with Crippen LogP contribution in [0.4, 0.5) is 5.69 Å². The molecule has 0 radical (unpaired) electrons. The summed E-state index contributed by atoms with van der Waals surface area (Å²) in [4.78, 5) is 26.5. The molecule has 1 heterocycles. The highest BCUT2D eigenvalue weighted by Gasteiger charge is 2.34. The molecule has 1 aliphatic rings. The van der Waals surface area contributed by atoms with Crippen LogP contribution in [0, 0.1) is 5.92 Å². The van der Waals surface area contributed by atoms with Crippen molar-refractivity contribution >= 4 is 17.5 Å². The summed E-state index contributed by atoms with van der Waals surface area (Å²) >= 11 is 0. The van der Waals surface area contributed by atoms with Gasteiger partial charge in [-0.2, -0.15) is 0 Å². The molecule has 142 valence electrons. The number of nitrogens with one attached hydrogen (secondary N) is 1. The van der Waals surface area contributed by atoms with Gasteiger partial charge in [0.25, 0.3) is 0 Å². The van der Waals surface area contributed by atoms with Crippen LogP contribution in [0.1, 0.15) is 25.8 Å². The lowest BCUT2D eigenvalue weighted by Gasteiger charge is -2.18. The number of carbonyl (C=O) groups excluding carboxylic acids is 2. The molecule has 0 spiro atoms. The Hall–Kier alpha value is -2.82. The third-order valence-corrected chi connectivity index (χ3v) is 4.57. The van der Waals surface area contributed by atoms with Crippen LogP contribution < -0.4 is 15.0 Å². The molecule has 2 aromatic carbocycles. The third kappa shape index (κ3) is 5.09. The molecule has 1 fully saturated rings. The van der Waals surface area contributed by atoms with Gasteiger partial charge in [0, 0.05) is 25.2 Å². The first-order chi connectivity index (χ1) is 13.0. The van der Waals surface area contributed by atoms with Crippen LogP contribution in [0.5, 0.6) is 5.75 Å². The molecule has 1 saturated heterocycles. The Morgan fingerprint density at radius 1 is 1.15 bits per heavy atom. The molecular weight excluding hydrogens is 340 g/mol. The average Bonchev–Trinajstić information content (AvgIpc) is 3.04. The molecule has 0 saturated carbocycles. The molecule has 0 bridgehead atoms. The van der Waals surface area contributed by atoms with Gasteiger partial charge in [0.2, 0.25) is 11.8 Å². The number of benzene rings is 2. The molecule has 1 atom stereocenters. The number of ether oxygens (including phenoxy) is 1. The van der Waals surface area contributed by atoms with E-state index < -0.39 is 0 Å². The van der Waals surface area contributed by atoms with Crippen molar-refractivity contribution in [3.63, 3.8) is 0 Å².